The van der Waals surface area contributed by atoms with Crippen LogP contribution in [0.1, 0.15) is 0 Å². The molecule has 0 aliphatic rings. The van der Waals surface area contributed by atoms with Gasteiger partial charge in [-0.1, -0.05) is 0 Å². The van der Waals surface area contributed by atoms with Crippen LogP contribution in [0.3, 0.4) is 0 Å². The summed E-state index contributed by atoms with van der Waals surface area (Å²) in [7, 11) is -1.35. The predicted molar refractivity (Wildman–Crippen MR) is 23.9 cm³/mol. The standard InChI is InChI=1S/H2O4Si3/c1-5-3-7-4-6-2/h1-2H. The van der Waals surface area contributed by atoms with Crippen molar-refractivity contribution in [3.05, 3.63) is 0 Å². The molecule has 0 amide bonds. The van der Waals surface area contributed by atoms with Crippen molar-refractivity contribution in [2.75, 3.05) is 0 Å². The Kier molecular flexibility index (Phi) is 6.95. The van der Waals surface area contributed by atoms with E-state index in [0.29, 0.717) is 0 Å². The summed E-state index contributed by atoms with van der Waals surface area (Å²) in [6, 6.07) is 0. The fraction of sp³-hybridized carbons (Fsp3) is 0. The van der Waals surface area contributed by atoms with Crippen LogP contribution in [0.5, 0.6) is 0 Å². The molecule has 0 atom stereocenters. The van der Waals surface area contributed by atoms with Crippen molar-refractivity contribution >= 4 is 30.0 Å². The monoisotopic (exact) mass is 150 g/mol. The van der Waals surface area contributed by atoms with Crippen molar-refractivity contribution in [2.24, 2.45) is 0 Å². The highest BCUT2D eigenvalue weighted by Crippen LogP contribution is 1.62. The Hall–Kier alpha value is 0.491. The molecule has 0 unspecified atom stereocenters. The molecule has 0 saturated heterocycles. The molecule has 0 aromatic rings. The van der Waals surface area contributed by atoms with E-state index in [9.17, 15) is 0 Å². The second kappa shape index (κ2) is 6.49. The summed E-state index contributed by atoms with van der Waals surface area (Å²) in [5, 5.41) is 0. The first-order chi connectivity index (χ1) is 3.41. The molecular formula is H2O4Si3. The fourth-order valence-corrected chi connectivity index (χ4v) is 0.898. The maximum atomic E-state index is 7.95. The van der Waals surface area contributed by atoms with E-state index in [4.69, 9.17) is 9.59 Å². The minimum absolute atomic E-state index is 0.243. The van der Waals surface area contributed by atoms with Crippen molar-refractivity contribution in [3.8, 4) is 0 Å². The molecule has 0 aliphatic carbocycles. The average Bonchev–Trinajstić information content (AvgIpc) is 1.69. The largest absolute Gasteiger partial charge is 0.420 e. The van der Waals surface area contributed by atoms with Gasteiger partial charge < -0.3 is 17.8 Å². The van der Waals surface area contributed by atoms with E-state index in [1.165, 1.54) is 0 Å². The van der Waals surface area contributed by atoms with Crippen molar-refractivity contribution in [1.82, 2.24) is 0 Å². The maximum Gasteiger partial charge on any atom is 0.420 e. The summed E-state index contributed by atoms with van der Waals surface area (Å²) in [5.41, 5.74) is 0. The third-order valence-electron chi connectivity index (χ3n) is 0.175. The van der Waals surface area contributed by atoms with Crippen LogP contribution in [0.25, 0.3) is 0 Å². The number of hydrogen-bond donors (Lipinski definition) is 2. The molecule has 7 heavy (non-hydrogen) atoms. The Bertz CT molecular complexity index is 26.1. The highest BCUT2D eigenvalue weighted by molar-refractivity contribution is 6.40. The van der Waals surface area contributed by atoms with E-state index in [-0.39, 0.29) is 10.0 Å². The first-order valence-electron chi connectivity index (χ1n) is 1.26. The molecule has 0 rings (SSSR count). The summed E-state index contributed by atoms with van der Waals surface area (Å²) in [5.74, 6) is 0. The van der Waals surface area contributed by atoms with Crippen LogP contribution in [-0.2, 0) is 8.23 Å². The lowest BCUT2D eigenvalue weighted by Crippen LogP contribution is -2.09. The second-order valence-corrected chi connectivity index (χ2v) is 2.63. The van der Waals surface area contributed by atoms with Gasteiger partial charge in [-0.05, 0) is 0 Å². The molecule has 0 fully saturated rings. The smallest absolute Gasteiger partial charge is 0.412 e. The van der Waals surface area contributed by atoms with Crippen LogP contribution in [0, 0.1) is 0 Å². The summed E-state index contributed by atoms with van der Waals surface area (Å²) < 4.78 is 8.62. The van der Waals surface area contributed by atoms with Gasteiger partial charge >= 0.3 is 30.0 Å². The number of hydrogen-bond acceptors (Lipinski definition) is 4. The quantitative estimate of drug-likeness (QED) is 0.347. The Morgan fingerprint density at radius 3 is 1.71 bits per heavy atom. The van der Waals surface area contributed by atoms with Gasteiger partial charge in [0.05, 0.1) is 0 Å². The van der Waals surface area contributed by atoms with E-state index in [1.54, 1.807) is 0 Å². The topological polar surface area (TPSA) is 58.9 Å². The highest BCUT2D eigenvalue weighted by Gasteiger charge is 1.90. The first-order valence-corrected chi connectivity index (χ1v) is 3.79. The molecule has 0 spiro atoms. The Morgan fingerprint density at radius 1 is 1.00 bits per heavy atom. The summed E-state index contributed by atoms with van der Waals surface area (Å²) in [4.78, 5) is 15.9. The van der Waals surface area contributed by atoms with Gasteiger partial charge in [0.25, 0.3) is 0 Å². The Labute approximate surface area is 48.7 Å². The average molecular weight is 150 g/mol. The summed E-state index contributed by atoms with van der Waals surface area (Å²) in [6.45, 7) is 0. The van der Waals surface area contributed by atoms with Crippen LogP contribution < -0.4 is 0 Å². The lowest BCUT2D eigenvalue weighted by Gasteiger charge is -1.89. The Balaban J connectivity index is 2.45. The van der Waals surface area contributed by atoms with E-state index in [2.05, 4.69) is 8.23 Å². The third kappa shape index (κ3) is 6.49. The van der Waals surface area contributed by atoms with Gasteiger partial charge in [0.1, 0.15) is 0 Å². The summed E-state index contributed by atoms with van der Waals surface area (Å²) >= 11 is 0. The van der Waals surface area contributed by atoms with Crippen LogP contribution in [0.15, 0.2) is 0 Å². The highest BCUT2D eigenvalue weighted by atomic mass is 28.4. The number of rotatable bonds is 4. The molecule has 4 nitrogen and oxygen atoms in total. The minimum atomic E-state index is -0.552. The summed E-state index contributed by atoms with van der Waals surface area (Å²) in [6.07, 6.45) is 0. The van der Waals surface area contributed by atoms with E-state index in [0.717, 1.165) is 0 Å². The van der Waals surface area contributed by atoms with Crippen LogP contribution in [0.2, 0.25) is 0 Å². The molecule has 0 bridgehead atoms. The van der Waals surface area contributed by atoms with Crippen molar-refractivity contribution in [2.45, 2.75) is 0 Å². The van der Waals surface area contributed by atoms with Gasteiger partial charge in [0, 0.05) is 0 Å². The second-order valence-electron chi connectivity index (χ2n) is 0.470. The van der Waals surface area contributed by atoms with Crippen LogP contribution in [0.4, 0.5) is 0 Å². The molecule has 6 radical (unpaired) electrons. The predicted octanol–water partition coefficient (Wildman–Crippen LogP) is -2.39. The van der Waals surface area contributed by atoms with Crippen LogP contribution in [-0.4, -0.2) is 39.6 Å². The maximum absolute atomic E-state index is 7.95. The fourth-order valence-electron chi connectivity index (χ4n) is 0.0581. The molecule has 0 aliphatic heterocycles. The first kappa shape index (κ1) is 7.49. The van der Waals surface area contributed by atoms with E-state index in [1.807, 2.05) is 0 Å². The van der Waals surface area contributed by atoms with Crippen molar-refractivity contribution < 1.29 is 17.8 Å². The zero-order valence-corrected chi connectivity index (χ0v) is 6.21. The molecule has 0 aromatic heterocycles. The van der Waals surface area contributed by atoms with Gasteiger partial charge in [-0.25, -0.2) is 0 Å². The van der Waals surface area contributed by atoms with Crippen LogP contribution >= 0.6 is 0 Å². The molecule has 0 saturated carbocycles. The molecule has 0 aromatic carbocycles. The third-order valence-corrected chi connectivity index (χ3v) is 1.57. The SMILES string of the molecule is O[Si]O[Si]O[Si]O. The normalized spacial score (nSPS) is 9.43. The van der Waals surface area contributed by atoms with Gasteiger partial charge in [0.15, 0.2) is 0 Å². The lowest BCUT2D eigenvalue weighted by atomic mass is 15.7. The zero-order chi connectivity index (χ0) is 5.54. The van der Waals surface area contributed by atoms with Gasteiger partial charge in [-0.3, -0.25) is 0 Å². The zero-order valence-electron chi connectivity index (χ0n) is 3.21. The van der Waals surface area contributed by atoms with Gasteiger partial charge in [-0.15, -0.1) is 0 Å². The van der Waals surface area contributed by atoms with Crippen molar-refractivity contribution in [1.29, 1.82) is 0 Å². The van der Waals surface area contributed by atoms with E-state index < -0.39 is 20.0 Å². The molecule has 7 heteroatoms. The molecule has 0 heterocycles. The van der Waals surface area contributed by atoms with E-state index >= 15 is 0 Å². The lowest BCUT2D eigenvalue weighted by molar-refractivity contribution is 0.389. The Morgan fingerprint density at radius 2 is 1.43 bits per heavy atom. The van der Waals surface area contributed by atoms with Crippen molar-refractivity contribution in [3.63, 3.8) is 0 Å². The van der Waals surface area contributed by atoms with Gasteiger partial charge in [0.2, 0.25) is 0 Å². The molecule has 2 N–H and O–H groups in total. The van der Waals surface area contributed by atoms with Gasteiger partial charge in [-0.2, -0.15) is 0 Å². The molecule has 38 valence electrons. The molecular weight excluding hydrogens is 148 g/mol. The minimum Gasteiger partial charge on any atom is -0.412 e.